The molecule has 0 saturated heterocycles. The SMILES string of the molecule is C[C@H]1CC[C@H](C2CCC(C#Cc3ccc(OC(F)(F)C(F)F)cc3)CC2)CC1. The van der Waals surface area contributed by atoms with E-state index in [1.165, 1.54) is 62.8 Å². The second kappa shape index (κ2) is 9.20. The fourth-order valence-electron chi connectivity index (χ4n) is 4.49. The van der Waals surface area contributed by atoms with Crippen LogP contribution in [0.15, 0.2) is 24.3 Å². The molecule has 0 unspecified atom stereocenters. The molecule has 0 N–H and O–H groups in total. The number of alkyl halides is 4. The first-order valence-corrected chi connectivity index (χ1v) is 10.3. The maximum atomic E-state index is 12.9. The van der Waals surface area contributed by atoms with Crippen LogP contribution in [-0.2, 0) is 0 Å². The lowest BCUT2D eigenvalue weighted by molar-refractivity contribution is -0.253. The minimum absolute atomic E-state index is 0.293. The summed E-state index contributed by atoms with van der Waals surface area (Å²) >= 11 is 0. The second-order valence-corrected chi connectivity index (χ2v) is 8.39. The Morgan fingerprint density at radius 3 is 1.96 bits per heavy atom. The molecule has 1 aromatic carbocycles. The van der Waals surface area contributed by atoms with E-state index in [2.05, 4.69) is 23.5 Å². The number of benzene rings is 1. The van der Waals surface area contributed by atoms with Gasteiger partial charge in [-0.2, -0.15) is 17.6 Å². The van der Waals surface area contributed by atoms with Crippen molar-refractivity contribution in [1.82, 2.24) is 0 Å². The molecule has 0 aliphatic heterocycles. The maximum absolute atomic E-state index is 12.9. The highest BCUT2D eigenvalue weighted by molar-refractivity contribution is 5.38. The van der Waals surface area contributed by atoms with Gasteiger partial charge in [0.05, 0.1) is 0 Å². The second-order valence-electron chi connectivity index (χ2n) is 8.39. The highest BCUT2D eigenvalue weighted by Crippen LogP contribution is 2.41. The summed E-state index contributed by atoms with van der Waals surface area (Å²) in [5, 5.41) is 0. The summed E-state index contributed by atoms with van der Waals surface area (Å²) in [6, 6.07) is 5.56. The molecule has 0 bridgehead atoms. The van der Waals surface area contributed by atoms with Gasteiger partial charge in [-0.25, -0.2) is 0 Å². The van der Waals surface area contributed by atoms with Gasteiger partial charge in [0.25, 0.3) is 0 Å². The van der Waals surface area contributed by atoms with E-state index < -0.39 is 12.5 Å². The molecule has 0 atom stereocenters. The molecule has 0 radical (unpaired) electrons. The molecule has 2 fully saturated rings. The Balaban J connectivity index is 1.48. The van der Waals surface area contributed by atoms with Gasteiger partial charge in [-0.15, -0.1) is 0 Å². The lowest BCUT2D eigenvalue weighted by atomic mass is 9.69. The van der Waals surface area contributed by atoms with E-state index >= 15 is 0 Å². The fraction of sp³-hybridized carbons (Fsp3) is 0.652. The Kier molecular flexibility index (Phi) is 6.91. The maximum Gasteiger partial charge on any atom is 0.461 e. The number of halogens is 4. The van der Waals surface area contributed by atoms with Crippen molar-refractivity contribution in [1.29, 1.82) is 0 Å². The Morgan fingerprint density at radius 2 is 1.43 bits per heavy atom. The van der Waals surface area contributed by atoms with Gasteiger partial charge in [-0.1, -0.05) is 31.6 Å². The van der Waals surface area contributed by atoms with Crippen molar-refractivity contribution >= 4 is 0 Å². The monoisotopic (exact) mass is 396 g/mol. The third-order valence-corrected chi connectivity index (χ3v) is 6.28. The average Bonchev–Trinajstić information content (AvgIpc) is 2.68. The minimum Gasteiger partial charge on any atom is -0.428 e. The number of hydrogen-bond donors (Lipinski definition) is 0. The van der Waals surface area contributed by atoms with Crippen LogP contribution in [0.5, 0.6) is 5.75 Å². The standard InChI is InChI=1S/C23H28F4O/c1-16-2-10-19(11-3-16)20-12-6-17(7-13-20)4-5-18-8-14-21(15-9-18)28-23(26,27)22(24)25/h8-9,14-17,19-20,22H,2-3,6-7,10-13H2,1H3/t16-,17?,19-,20?. The van der Waals surface area contributed by atoms with Gasteiger partial charge in [-0.05, 0) is 80.5 Å². The number of rotatable bonds is 4. The number of hydrogen-bond acceptors (Lipinski definition) is 1. The van der Waals surface area contributed by atoms with Crippen LogP contribution in [-0.4, -0.2) is 12.5 Å². The molecule has 154 valence electrons. The van der Waals surface area contributed by atoms with Gasteiger partial charge in [0.15, 0.2) is 0 Å². The van der Waals surface area contributed by atoms with E-state index in [0.717, 1.165) is 30.6 Å². The highest BCUT2D eigenvalue weighted by Gasteiger charge is 2.43. The smallest absolute Gasteiger partial charge is 0.428 e. The largest absolute Gasteiger partial charge is 0.461 e. The van der Waals surface area contributed by atoms with E-state index in [4.69, 9.17) is 0 Å². The first kappa shape index (κ1) is 21.0. The quantitative estimate of drug-likeness (QED) is 0.397. The fourth-order valence-corrected chi connectivity index (χ4v) is 4.49. The Labute approximate surface area is 164 Å². The molecule has 1 nitrogen and oxygen atoms in total. The van der Waals surface area contributed by atoms with Crippen LogP contribution in [0.2, 0.25) is 0 Å². The topological polar surface area (TPSA) is 9.23 Å². The summed E-state index contributed by atoms with van der Waals surface area (Å²) in [4.78, 5) is 0. The van der Waals surface area contributed by atoms with E-state index in [9.17, 15) is 17.6 Å². The van der Waals surface area contributed by atoms with Gasteiger partial charge in [-0.3, -0.25) is 0 Å². The van der Waals surface area contributed by atoms with Gasteiger partial charge < -0.3 is 4.74 Å². The van der Waals surface area contributed by atoms with Crippen LogP contribution < -0.4 is 4.74 Å². The number of ether oxygens (including phenoxy) is 1. The summed E-state index contributed by atoms with van der Waals surface area (Å²) in [6.45, 7) is 2.35. The molecule has 2 saturated carbocycles. The summed E-state index contributed by atoms with van der Waals surface area (Å²) < 4.78 is 54.2. The van der Waals surface area contributed by atoms with Crippen LogP contribution in [0.1, 0.15) is 63.9 Å². The normalized spacial score (nSPS) is 28.5. The summed E-state index contributed by atoms with van der Waals surface area (Å²) in [5.74, 6) is 9.09. The van der Waals surface area contributed by atoms with Crippen LogP contribution in [0.3, 0.4) is 0 Å². The third-order valence-electron chi connectivity index (χ3n) is 6.28. The molecule has 1 aromatic rings. The van der Waals surface area contributed by atoms with Crippen molar-refractivity contribution < 1.29 is 22.3 Å². The lowest BCUT2D eigenvalue weighted by Crippen LogP contribution is -2.33. The lowest BCUT2D eigenvalue weighted by Gasteiger charge is -2.36. The summed E-state index contributed by atoms with van der Waals surface area (Å²) in [7, 11) is 0. The Bertz CT molecular complexity index is 673. The molecular weight excluding hydrogens is 368 g/mol. The van der Waals surface area contributed by atoms with E-state index in [1.54, 1.807) is 0 Å². The zero-order valence-electron chi connectivity index (χ0n) is 16.3. The van der Waals surface area contributed by atoms with Crippen LogP contribution in [0.25, 0.3) is 0 Å². The van der Waals surface area contributed by atoms with Crippen molar-refractivity contribution in [3.8, 4) is 17.6 Å². The third kappa shape index (κ3) is 5.65. The first-order valence-electron chi connectivity index (χ1n) is 10.3. The molecule has 0 spiro atoms. The molecule has 2 aliphatic carbocycles. The molecular formula is C23H28F4O. The van der Waals surface area contributed by atoms with E-state index in [0.29, 0.717) is 11.5 Å². The van der Waals surface area contributed by atoms with Crippen molar-refractivity contribution in [3.05, 3.63) is 29.8 Å². The molecule has 0 amide bonds. The zero-order valence-corrected chi connectivity index (χ0v) is 16.3. The molecule has 0 heterocycles. The van der Waals surface area contributed by atoms with Crippen molar-refractivity contribution in [3.63, 3.8) is 0 Å². The van der Waals surface area contributed by atoms with Gasteiger partial charge >= 0.3 is 12.5 Å². The van der Waals surface area contributed by atoms with Gasteiger partial charge in [0.2, 0.25) is 0 Å². The predicted octanol–water partition coefficient (Wildman–Crippen LogP) is 6.91. The van der Waals surface area contributed by atoms with Crippen molar-refractivity contribution in [2.45, 2.75) is 70.8 Å². The van der Waals surface area contributed by atoms with Gasteiger partial charge in [0, 0.05) is 11.5 Å². The van der Waals surface area contributed by atoms with Crippen LogP contribution in [0.4, 0.5) is 17.6 Å². The summed E-state index contributed by atoms with van der Waals surface area (Å²) in [6.07, 6.45) is 1.86. The van der Waals surface area contributed by atoms with Gasteiger partial charge in [0.1, 0.15) is 5.75 Å². The molecule has 28 heavy (non-hydrogen) atoms. The van der Waals surface area contributed by atoms with Crippen LogP contribution >= 0.6 is 0 Å². The van der Waals surface area contributed by atoms with Crippen LogP contribution in [0, 0.1) is 35.5 Å². The Morgan fingerprint density at radius 1 is 0.893 bits per heavy atom. The highest BCUT2D eigenvalue weighted by atomic mass is 19.3. The molecule has 3 rings (SSSR count). The molecule has 5 heteroatoms. The van der Waals surface area contributed by atoms with E-state index in [1.807, 2.05) is 0 Å². The zero-order chi connectivity index (χ0) is 20.1. The van der Waals surface area contributed by atoms with E-state index in [-0.39, 0.29) is 5.75 Å². The minimum atomic E-state index is -4.48. The average molecular weight is 396 g/mol. The molecule has 2 aliphatic rings. The van der Waals surface area contributed by atoms with Crippen molar-refractivity contribution in [2.75, 3.05) is 0 Å². The van der Waals surface area contributed by atoms with Crippen molar-refractivity contribution in [2.24, 2.45) is 23.7 Å². The Hall–Kier alpha value is -1.70. The predicted molar refractivity (Wildman–Crippen MR) is 101 cm³/mol. The first-order chi connectivity index (χ1) is 13.3. The molecule has 0 aromatic heterocycles. The summed E-state index contributed by atoms with van der Waals surface area (Å²) in [5.41, 5.74) is 0.677.